The van der Waals surface area contributed by atoms with E-state index in [1.54, 1.807) is 21.5 Å². The van der Waals surface area contributed by atoms with Crippen LogP contribution in [0, 0.1) is 5.41 Å². The van der Waals surface area contributed by atoms with Crippen LogP contribution in [0.3, 0.4) is 0 Å². The van der Waals surface area contributed by atoms with E-state index in [4.69, 9.17) is 27.7 Å². The molecule has 0 radical (unpaired) electrons. The van der Waals surface area contributed by atoms with E-state index in [1.807, 2.05) is 6.92 Å². The second-order valence-electron chi connectivity index (χ2n) is 7.88. The van der Waals surface area contributed by atoms with E-state index in [-0.39, 0.29) is 22.4 Å². The number of hydrogen-bond donors (Lipinski definition) is 0. The lowest BCUT2D eigenvalue weighted by Crippen LogP contribution is -2.59. The third-order valence-corrected chi connectivity index (χ3v) is 7.15. The Morgan fingerprint density at radius 3 is 2.84 bits per heavy atom. The van der Waals surface area contributed by atoms with Gasteiger partial charge < -0.3 is 14.3 Å². The Morgan fingerprint density at radius 2 is 2.19 bits per heavy atom. The summed E-state index contributed by atoms with van der Waals surface area (Å²) in [4.78, 5) is 36.8. The van der Waals surface area contributed by atoms with E-state index in [1.165, 1.54) is 22.1 Å². The van der Waals surface area contributed by atoms with Crippen molar-refractivity contribution in [1.82, 2.24) is 34.7 Å². The fraction of sp³-hybridized carbons (Fsp3) is 0.444. The molecule has 3 aromatic rings. The van der Waals surface area contributed by atoms with Crippen LogP contribution in [0.1, 0.15) is 40.3 Å². The highest BCUT2D eigenvalue weighted by atomic mass is 35.5. The lowest BCUT2D eigenvalue weighted by atomic mass is 9.71. The van der Waals surface area contributed by atoms with Crippen molar-refractivity contribution in [3.63, 3.8) is 0 Å². The van der Waals surface area contributed by atoms with Crippen molar-refractivity contribution in [1.29, 1.82) is 0 Å². The fourth-order valence-corrected chi connectivity index (χ4v) is 5.51. The van der Waals surface area contributed by atoms with Gasteiger partial charge in [0.2, 0.25) is 6.41 Å². The van der Waals surface area contributed by atoms with Gasteiger partial charge in [0.15, 0.2) is 11.0 Å². The second kappa shape index (κ2) is 7.57. The molecule has 0 aromatic carbocycles. The SMILES string of the molecule is CC(c1nc(C2CN(C(=O)c3cncs3)CC23CN(C=O)C3)no1)n1nc(Cl)cc1Cl. The van der Waals surface area contributed by atoms with Crippen molar-refractivity contribution in [2.45, 2.75) is 18.9 Å². The molecule has 1 spiro atoms. The molecule has 162 valence electrons. The van der Waals surface area contributed by atoms with Crippen molar-refractivity contribution in [2.75, 3.05) is 26.2 Å². The highest BCUT2D eigenvalue weighted by Gasteiger charge is 2.57. The Kier molecular flexibility index (Phi) is 4.98. The summed E-state index contributed by atoms with van der Waals surface area (Å²) < 4.78 is 7.03. The Bertz CT molecular complexity index is 1130. The largest absolute Gasteiger partial charge is 0.344 e. The number of rotatable bonds is 5. The molecule has 2 atom stereocenters. The molecule has 31 heavy (non-hydrogen) atoms. The smallest absolute Gasteiger partial charge is 0.265 e. The lowest BCUT2D eigenvalue weighted by Gasteiger charge is -2.48. The maximum absolute atomic E-state index is 12.9. The lowest BCUT2D eigenvalue weighted by molar-refractivity contribution is -0.129. The van der Waals surface area contributed by atoms with Gasteiger partial charge in [0, 0.05) is 37.7 Å². The van der Waals surface area contributed by atoms with Crippen LogP contribution in [-0.2, 0) is 4.79 Å². The highest BCUT2D eigenvalue weighted by Crippen LogP contribution is 2.48. The molecule has 3 aromatic heterocycles. The molecule has 13 heteroatoms. The molecule has 0 bridgehead atoms. The van der Waals surface area contributed by atoms with Gasteiger partial charge in [0.05, 0.1) is 17.6 Å². The molecule has 2 aliphatic rings. The Morgan fingerprint density at radius 1 is 1.39 bits per heavy atom. The van der Waals surface area contributed by atoms with Gasteiger partial charge in [-0.3, -0.25) is 14.6 Å². The number of thiazole rings is 1. The average Bonchev–Trinajstić information content (AvgIpc) is 3.50. The van der Waals surface area contributed by atoms with Gasteiger partial charge >= 0.3 is 0 Å². The van der Waals surface area contributed by atoms with Gasteiger partial charge in [-0.2, -0.15) is 10.1 Å². The van der Waals surface area contributed by atoms with E-state index < -0.39 is 6.04 Å². The van der Waals surface area contributed by atoms with Gasteiger partial charge in [-0.25, -0.2) is 4.68 Å². The third kappa shape index (κ3) is 3.40. The minimum Gasteiger partial charge on any atom is -0.344 e. The normalized spacial score (nSPS) is 20.8. The molecular weight excluding hydrogens is 465 g/mol. The minimum atomic E-state index is -0.415. The van der Waals surface area contributed by atoms with Crippen molar-refractivity contribution >= 4 is 46.9 Å². The number of likely N-dealkylation sites (tertiary alicyclic amines) is 2. The number of amides is 2. The van der Waals surface area contributed by atoms with Crippen LogP contribution in [0.5, 0.6) is 0 Å². The van der Waals surface area contributed by atoms with E-state index in [2.05, 4.69) is 20.2 Å². The topological polar surface area (TPSA) is 110 Å². The van der Waals surface area contributed by atoms with Crippen LogP contribution < -0.4 is 0 Å². The first-order chi connectivity index (χ1) is 14.9. The van der Waals surface area contributed by atoms with Crippen LogP contribution in [0.15, 0.2) is 22.3 Å². The number of nitrogens with zero attached hydrogens (tertiary/aromatic N) is 7. The molecule has 0 aliphatic carbocycles. The van der Waals surface area contributed by atoms with Crippen molar-refractivity contribution in [2.24, 2.45) is 5.41 Å². The van der Waals surface area contributed by atoms with Gasteiger partial charge in [0.25, 0.3) is 11.8 Å². The number of halogens is 2. The van der Waals surface area contributed by atoms with Crippen LogP contribution in [0.4, 0.5) is 0 Å². The van der Waals surface area contributed by atoms with Crippen LogP contribution in [0.2, 0.25) is 10.3 Å². The Hall–Kier alpha value is -2.50. The van der Waals surface area contributed by atoms with Gasteiger partial charge in [-0.15, -0.1) is 11.3 Å². The van der Waals surface area contributed by atoms with E-state index in [0.29, 0.717) is 47.9 Å². The summed E-state index contributed by atoms with van der Waals surface area (Å²) in [5, 5.41) is 8.99. The van der Waals surface area contributed by atoms with Gasteiger partial charge in [-0.05, 0) is 6.92 Å². The zero-order chi connectivity index (χ0) is 21.8. The summed E-state index contributed by atoms with van der Waals surface area (Å²) in [6.07, 6.45) is 2.39. The van der Waals surface area contributed by atoms with Gasteiger partial charge in [0.1, 0.15) is 16.1 Å². The van der Waals surface area contributed by atoms with Crippen LogP contribution in [-0.4, -0.2) is 73.2 Å². The van der Waals surface area contributed by atoms with E-state index in [9.17, 15) is 9.59 Å². The zero-order valence-electron chi connectivity index (χ0n) is 16.3. The quantitative estimate of drug-likeness (QED) is 0.514. The highest BCUT2D eigenvalue weighted by molar-refractivity contribution is 7.11. The number of hydrogen-bond acceptors (Lipinski definition) is 8. The first kappa shape index (κ1) is 20.4. The molecule has 2 unspecified atom stereocenters. The zero-order valence-corrected chi connectivity index (χ0v) is 18.6. The predicted molar refractivity (Wildman–Crippen MR) is 111 cm³/mol. The Labute approximate surface area is 190 Å². The monoisotopic (exact) mass is 481 g/mol. The summed E-state index contributed by atoms with van der Waals surface area (Å²) in [5.41, 5.74) is 1.33. The molecule has 2 aliphatic heterocycles. The second-order valence-corrected chi connectivity index (χ2v) is 9.54. The molecule has 10 nitrogen and oxygen atoms in total. The predicted octanol–water partition coefficient (Wildman–Crippen LogP) is 2.34. The summed E-state index contributed by atoms with van der Waals surface area (Å²) in [5.74, 6) is 0.595. The van der Waals surface area contributed by atoms with E-state index in [0.717, 1.165) is 6.41 Å². The van der Waals surface area contributed by atoms with Crippen molar-refractivity contribution in [3.05, 3.63) is 44.7 Å². The fourth-order valence-electron chi connectivity index (χ4n) is 4.39. The third-order valence-electron chi connectivity index (χ3n) is 5.92. The first-order valence-electron chi connectivity index (χ1n) is 9.51. The molecule has 2 amide bonds. The summed E-state index contributed by atoms with van der Waals surface area (Å²) in [6.45, 7) is 3.85. The number of carbonyl (C=O) groups excluding carboxylic acids is 2. The van der Waals surface area contributed by atoms with Crippen LogP contribution >= 0.6 is 34.5 Å². The molecule has 5 rings (SSSR count). The summed E-state index contributed by atoms with van der Waals surface area (Å²) in [7, 11) is 0. The van der Waals surface area contributed by atoms with Crippen molar-refractivity contribution < 1.29 is 14.1 Å². The first-order valence-corrected chi connectivity index (χ1v) is 11.1. The van der Waals surface area contributed by atoms with Gasteiger partial charge in [-0.1, -0.05) is 28.4 Å². The number of aromatic nitrogens is 5. The molecule has 5 heterocycles. The minimum absolute atomic E-state index is 0.0796. The molecule has 0 saturated carbocycles. The summed E-state index contributed by atoms with van der Waals surface area (Å²) in [6, 6.07) is 1.12. The number of carbonyl (C=O) groups is 2. The molecule has 2 fully saturated rings. The standard InChI is InChI=1S/C18H17Cl2N7O3S/c1-10(27-14(20)2-13(19)23-27)16-22-15(24-30-16)11-4-26(17(29)12-3-21-8-31-12)7-18(11)5-25(6-18)9-28/h2-3,8-11H,4-7H2,1H3. The molecular formula is C18H17Cl2N7O3S. The Balaban J connectivity index is 1.42. The van der Waals surface area contributed by atoms with E-state index >= 15 is 0 Å². The average molecular weight is 482 g/mol. The molecule has 0 N–H and O–H groups in total. The van der Waals surface area contributed by atoms with Crippen molar-refractivity contribution in [3.8, 4) is 0 Å². The van der Waals surface area contributed by atoms with Crippen LogP contribution in [0.25, 0.3) is 0 Å². The maximum Gasteiger partial charge on any atom is 0.265 e. The molecule has 2 saturated heterocycles. The summed E-state index contributed by atoms with van der Waals surface area (Å²) >= 11 is 13.4. The maximum atomic E-state index is 12.9.